The molecule has 0 aliphatic heterocycles. The molecule has 156 valence electrons. The van der Waals surface area contributed by atoms with Gasteiger partial charge in [-0.2, -0.15) is 0 Å². The fourth-order valence-electron chi connectivity index (χ4n) is 5.27. The maximum Gasteiger partial charge on any atom is 0.408 e. The number of benzene rings is 1. The third-order valence-corrected chi connectivity index (χ3v) is 6.56. The summed E-state index contributed by atoms with van der Waals surface area (Å²) in [5, 5.41) is 2.82. The van der Waals surface area contributed by atoms with Crippen LogP contribution in [0.1, 0.15) is 38.7 Å². The topological polar surface area (TPSA) is 90.9 Å². The summed E-state index contributed by atoms with van der Waals surface area (Å²) in [6, 6.07) is 9.33. The quantitative estimate of drug-likeness (QED) is 0.558. The largest absolute Gasteiger partial charge is 0.466 e. The molecule has 7 nitrogen and oxygen atoms in total. The summed E-state index contributed by atoms with van der Waals surface area (Å²) in [7, 11) is 0. The highest BCUT2D eigenvalue weighted by atomic mass is 16.6. The van der Waals surface area contributed by atoms with Gasteiger partial charge in [0.05, 0.1) is 19.1 Å². The molecule has 7 heteroatoms. The normalized spacial score (nSPS) is 30.2. The molecule has 4 atom stereocenters. The van der Waals surface area contributed by atoms with Gasteiger partial charge in [-0.05, 0) is 50.0 Å². The Labute approximate surface area is 170 Å². The van der Waals surface area contributed by atoms with Crippen LogP contribution in [-0.2, 0) is 30.4 Å². The van der Waals surface area contributed by atoms with Crippen LogP contribution in [0.3, 0.4) is 0 Å². The molecule has 3 saturated carbocycles. The first kappa shape index (κ1) is 19.7. The van der Waals surface area contributed by atoms with Gasteiger partial charge in [-0.1, -0.05) is 30.3 Å². The number of rotatable bonds is 7. The average molecular weight is 401 g/mol. The van der Waals surface area contributed by atoms with Gasteiger partial charge in [0.2, 0.25) is 0 Å². The molecule has 1 aromatic rings. The molecule has 0 aromatic heterocycles. The molecule has 1 N–H and O–H groups in total. The van der Waals surface area contributed by atoms with Crippen molar-refractivity contribution in [2.45, 2.75) is 45.3 Å². The number of hydrogen-bond donors (Lipinski definition) is 1. The van der Waals surface area contributed by atoms with E-state index in [4.69, 9.17) is 14.2 Å². The maximum atomic E-state index is 13.0. The third kappa shape index (κ3) is 3.36. The maximum absolute atomic E-state index is 13.0. The van der Waals surface area contributed by atoms with Crippen molar-refractivity contribution in [1.82, 2.24) is 5.32 Å². The number of amides is 1. The van der Waals surface area contributed by atoms with Gasteiger partial charge in [0.15, 0.2) is 0 Å². The molecule has 4 rings (SSSR count). The first-order valence-corrected chi connectivity index (χ1v) is 10.3. The Morgan fingerprint density at radius 3 is 2.31 bits per heavy atom. The lowest BCUT2D eigenvalue weighted by atomic mass is 9.85. The molecule has 1 amide bonds. The van der Waals surface area contributed by atoms with Crippen molar-refractivity contribution in [3.8, 4) is 0 Å². The minimum atomic E-state index is -1.23. The highest BCUT2D eigenvalue weighted by Gasteiger charge is 2.83. The van der Waals surface area contributed by atoms with E-state index in [0.717, 1.165) is 18.4 Å². The fourth-order valence-corrected chi connectivity index (χ4v) is 5.27. The zero-order chi connectivity index (χ0) is 20.6. The number of nitrogens with one attached hydrogen (secondary N) is 1. The lowest BCUT2D eigenvalue weighted by Gasteiger charge is -2.32. The van der Waals surface area contributed by atoms with Crippen molar-refractivity contribution in [3.05, 3.63) is 35.9 Å². The second kappa shape index (κ2) is 7.35. The molecule has 29 heavy (non-hydrogen) atoms. The van der Waals surface area contributed by atoms with Crippen LogP contribution in [0.2, 0.25) is 0 Å². The number of alkyl carbamates (subject to hydrolysis) is 1. The molecule has 3 aliphatic carbocycles. The second-order valence-corrected chi connectivity index (χ2v) is 8.25. The van der Waals surface area contributed by atoms with Crippen LogP contribution in [0, 0.1) is 23.2 Å². The highest BCUT2D eigenvalue weighted by Crippen LogP contribution is 2.79. The summed E-state index contributed by atoms with van der Waals surface area (Å²) in [5.41, 5.74) is -0.462. The smallest absolute Gasteiger partial charge is 0.408 e. The SMILES string of the molecule is CCOC(=O)C1C2C1C(NC(=O)OCc1ccccc1)(C(=O)OCC)CC21CC1. The molecule has 0 saturated heterocycles. The van der Waals surface area contributed by atoms with Gasteiger partial charge < -0.3 is 19.5 Å². The molecular formula is C22H27NO6. The standard InChI is InChI=1S/C22H27NO6/c1-3-27-18(24)15-16-17(15)22(19(25)28-4-2,13-21(16)10-11-21)23-20(26)29-12-14-8-6-5-7-9-14/h5-9,15-17H,3-4,10-13H2,1-2H3,(H,23,26). The number of hydrogen-bond acceptors (Lipinski definition) is 6. The molecule has 1 spiro atoms. The molecule has 3 aliphatic rings. The number of fused-ring (bicyclic) bond motifs is 2. The van der Waals surface area contributed by atoms with E-state index in [1.54, 1.807) is 13.8 Å². The van der Waals surface area contributed by atoms with Crippen LogP contribution in [0.25, 0.3) is 0 Å². The minimum Gasteiger partial charge on any atom is -0.466 e. The van der Waals surface area contributed by atoms with E-state index >= 15 is 0 Å². The Bertz CT molecular complexity index is 805. The van der Waals surface area contributed by atoms with Crippen molar-refractivity contribution in [1.29, 1.82) is 0 Å². The summed E-state index contributed by atoms with van der Waals surface area (Å²) in [4.78, 5) is 38.1. The van der Waals surface area contributed by atoms with Gasteiger partial charge in [0.1, 0.15) is 12.1 Å². The molecule has 0 bridgehead atoms. The molecule has 0 radical (unpaired) electrons. The Kier molecular flexibility index (Phi) is 5.00. The zero-order valence-electron chi connectivity index (χ0n) is 16.8. The van der Waals surface area contributed by atoms with Crippen molar-refractivity contribution in [3.63, 3.8) is 0 Å². The van der Waals surface area contributed by atoms with Crippen LogP contribution in [0.5, 0.6) is 0 Å². The van der Waals surface area contributed by atoms with E-state index in [1.165, 1.54) is 0 Å². The van der Waals surface area contributed by atoms with E-state index in [2.05, 4.69) is 5.32 Å². The van der Waals surface area contributed by atoms with Crippen LogP contribution in [0.4, 0.5) is 4.79 Å². The average Bonchev–Trinajstić information content (AvgIpc) is 3.60. The summed E-state index contributed by atoms with van der Waals surface area (Å²) in [6.45, 7) is 4.10. The van der Waals surface area contributed by atoms with E-state index < -0.39 is 17.6 Å². The summed E-state index contributed by atoms with van der Waals surface area (Å²) < 4.78 is 15.9. The minimum absolute atomic E-state index is 0.0559. The number of esters is 2. The van der Waals surface area contributed by atoms with Crippen molar-refractivity contribution in [2.24, 2.45) is 23.2 Å². The number of ether oxygens (including phenoxy) is 3. The van der Waals surface area contributed by atoms with Crippen molar-refractivity contribution < 1.29 is 28.6 Å². The van der Waals surface area contributed by atoms with Crippen LogP contribution in [0.15, 0.2) is 30.3 Å². The predicted octanol–water partition coefficient (Wildman–Crippen LogP) is 2.82. The summed E-state index contributed by atoms with van der Waals surface area (Å²) >= 11 is 0. The van der Waals surface area contributed by atoms with Gasteiger partial charge in [-0.3, -0.25) is 4.79 Å². The fraction of sp³-hybridized carbons (Fsp3) is 0.591. The van der Waals surface area contributed by atoms with Gasteiger partial charge in [0, 0.05) is 5.92 Å². The van der Waals surface area contributed by atoms with Gasteiger partial charge in [0.25, 0.3) is 0 Å². The van der Waals surface area contributed by atoms with Crippen molar-refractivity contribution >= 4 is 18.0 Å². The molecule has 3 fully saturated rings. The number of carbonyl (C=O) groups excluding carboxylic acids is 3. The molecule has 0 heterocycles. The Morgan fingerprint density at radius 2 is 1.69 bits per heavy atom. The Balaban J connectivity index is 1.53. The predicted molar refractivity (Wildman–Crippen MR) is 103 cm³/mol. The van der Waals surface area contributed by atoms with Crippen LogP contribution in [-0.4, -0.2) is 36.8 Å². The first-order chi connectivity index (χ1) is 14.0. The zero-order valence-corrected chi connectivity index (χ0v) is 16.8. The molecular weight excluding hydrogens is 374 g/mol. The van der Waals surface area contributed by atoms with Crippen LogP contribution >= 0.6 is 0 Å². The van der Waals surface area contributed by atoms with E-state index in [-0.39, 0.29) is 42.4 Å². The van der Waals surface area contributed by atoms with E-state index in [0.29, 0.717) is 13.0 Å². The third-order valence-electron chi connectivity index (χ3n) is 6.56. The summed E-state index contributed by atoms with van der Waals surface area (Å²) in [6.07, 6.45) is 1.72. The van der Waals surface area contributed by atoms with Crippen molar-refractivity contribution in [2.75, 3.05) is 13.2 Å². The Morgan fingerprint density at radius 1 is 1.00 bits per heavy atom. The highest BCUT2D eigenvalue weighted by molar-refractivity contribution is 5.91. The number of carbonyl (C=O) groups is 3. The van der Waals surface area contributed by atoms with E-state index in [1.807, 2.05) is 30.3 Å². The van der Waals surface area contributed by atoms with Gasteiger partial charge in [-0.25, -0.2) is 9.59 Å². The lowest BCUT2D eigenvalue weighted by Crippen LogP contribution is -2.57. The lowest BCUT2D eigenvalue weighted by molar-refractivity contribution is -0.153. The van der Waals surface area contributed by atoms with E-state index in [9.17, 15) is 14.4 Å². The summed E-state index contributed by atoms with van der Waals surface area (Å²) in [5.74, 6) is -1.39. The molecule has 4 unspecified atom stereocenters. The first-order valence-electron chi connectivity index (χ1n) is 10.3. The van der Waals surface area contributed by atoms with Crippen LogP contribution < -0.4 is 5.32 Å². The second-order valence-electron chi connectivity index (χ2n) is 8.25. The molecule has 1 aromatic carbocycles. The Hall–Kier alpha value is -2.57. The van der Waals surface area contributed by atoms with Gasteiger partial charge in [-0.15, -0.1) is 0 Å². The monoisotopic (exact) mass is 401 g/mol. The van der Waals surface area contributed by atoms with Gasteiger partial charge >= 0.3 is 18.0 Å².